The van der Waals surface area contributed by atoms with Gasteiger partial charge in [-0.25, -0.2) is 0 Å². The summed E-state index contributed by atoms with van der Waals surface area (Å²) in [6.07, 6.45) is 2.44. The number of Topliss-reactive ketones (excluding diaryl/α,β-unsaturated/α-hetero) is 1. The average Bonchev–Trinajstić information content (AvgIpc) is 2.66. The van der Waals surface area contributed by atoms with Crippen molar-refractivity contribution >= 4 is 35.3 Å². The van der Waals surface area contributed by atoms with Crippen LogP contribution in [0, 0.1) is 16.7 Å². The van der Waals surface area contributed by atoms with Gasteiger partial charge in [-0.1, -0.05) is 89.2 Å². The Kier molecular flexibility index (Phi) is 9.34. The molecule has 0 aromatic heterocycles. The highest BCUT2D eigenvalue weighted by atomic mass is 32.2. The van der Waals surface area contributed by atoms with Crippen molar-refractivity contribution in [2.45, 2.75) is 134 Å². The van der Waals surface area contributed by atoms with Crippen LogP contribution < -0.4 is 0 Å². The maximum absolute atomic E-state index is 13.7. The van der Waals surface area contributed by atoms with E-state index in [1.807, 2.05) is 26.8 Å². The largest absolute Gasteiger partial charge is 0.507 e. The summed E-state index contributed by atoms with van der Waals surface area (Å²) < 4.78 is -1.15. The van der Waals surface area contributed by atoms with Crippen molar-refractivity contribution in [3.05, 3.63) is 34.9 Å². The fourth-order valence-corrected chi connectivity index (χ4v) is 8.87. The summed E-state index contributed by atoms with van der Waals surface area (Å²) in [7, 11) is 0. The van der Waals surface area contributed by atoms with Gasteiger partial charge in [0.2, 0.25) is 0 Å². The van der Waals surface area contributed by atoms with Gasteiger partial charge < -0.3 is 10.2 Å². The van der Waals surface area contributed by atoms with Crippen molar-refractivity contribution in [2.75, 3.05) is 0 Å². The van der Waals surface area contributed by atoms with Crippen LogP contribution in [-0.2, 0) is 20.4 Å². The molecule has 6 heteroatoms. The van der Waals surface area contributed by atoms with Crippen LogP contribution in [0.2, 0.25) is 0 Å². The Balaban J connectivity index is 2.68. The van der Waals surface area contributed by atoms with Gasteiger partial charge in [-0.2, -0.15) is 0 Å². The van der Waals surface area contributed by atoms with Gasteiger partial charge in [-0.05, 0) is 59.6 Å². The van der Waals surface area contributed by atoms with Crippen LogP contribution in [0.4, 0.5) is 0 Å². The minimum atomic E-state index is -0.857. The SMILES string of the molecule is CC(C)(Sc1cc(C(C)(C)C)c(O)c(C(C)(C)C)c1)SC1(CC(=O)O)C=C(C(C)(C)C)C(=O)C(C(C)(C)C)C1. The molecule has 2 atom stereocenters. The van der Waals surface area contributed by atoms with E-state index in [2.05, 4.69) is 88.3 Å². The van der Waals surface area contributed by atoms with Crippen LogP contribution in [0.15, 0.2) is 28.7 Å². The number of rotatable bonds is 6. The second-order valence-corrected chi connectivity index (χ2v) is 19.9. The molecule has 1 aromatic rings. The first-order valence-electron chi connectivity index (χ1n) is 14.0. The molecule has 0 saturated carbocycles. The second kappa shape index (κ2) is 10.8. The Morgan fingerprint density at radius 1 is 0.872 bits per heavy atom. The van der Waals surface area contributed by atoms with E-state index >= 15 is 0 Å². The zero-order chi connectivity index (χ0) is 30.6. The summed E-state index contributed by atoms with van der Waals surface area (Å²) in [5.41, 5.74) is 1.39. The second-order valence-electron chi connectivity index (χ2n) is 15.9. The first-order valence-corrected chi connectivity index (χ1v) is 15.6. The van der Waals surface area contributed by atoms with Gasteiger partial charge >= 0.3 is 5.97 Å². The van der Waals surface area contributed by atoms with Crippen LogP contribution in [0.1, 0.15) is 121 Å². The van der Waals surface area contributed by atoms with Crippen molar-refractivity contribution in [3.8, 4) is 5.75 Å². The molecule has 1 aliphatic rings. The van der Waals surface area contributed by atoms with Gasteiger partial charge in [0.15, 0.2) is 5.78 Å². The summed E-state index contributed by atoms with van der Waals surface area (Å²) in [4.78, 5) is 27.0. The molecular formula is C33H52O4S2. The average molecular weight is 577 g/mol. The molecule has 0 fully saturated rings. The third kappa shape index (κ3) is 8.31. The number of phenols is 1. The highest BCUT2D eigenvalue weighted by Gasteiger charge is 2.50. The third-order valence-corrected chi connectivity index (χ3v) is 10.1. The van der Waals surface area contributed by atoms with E-state index in [1.54, 1.807) is 23.5 Å². The lowest BCUT2D eigenvalue weighted by Gasteiger charge is -2.46. The molecule has 0 spiro atoms. The van der Waals surface area contributed by atoms with Crippen molar-refractivity contribution < 1.29 is 19.8 Å². The van der Waals surface area contributed by atoms with E-state index in [-0.39, 0.29) is 39.8 Å². The maximum Gasteiger partial charge on any atom is 0.305 e. The standard InChI is InChI=1S/C33H52O4S2/c1-28(2,3)21-15-20(16-22(26(21)36)29(4,5)6)38-32(13,14)39-33(19-25(34)35)17-23(30(7,8)9)27(37)24(18-33)31(10,11)12/h15-17,24,36H,18-19H2,1-14H3,(H,34,35). The van der Waals surface area contributed by atoms with Crippen molar-refractivity contribution in [3.63, 3.8) is 0 Å². The fourth-order valence-electron chi connectivity index (χ4n) is 5.40. The summed E-state index contributed by atoms with van der Waals surface area (Å²) in [6.45, 7) is 29.3. The van der Waals surface area contributed by atoms with E-state index in [0.717, 1.165) is 21.6 Å². The molecule has 2 N–H and O–H groups in total. The van der Waals surface area contributed by atoms with Crippen molar-refractivity contribution in [1.82, 2.24) is 0 Å². The van der Waals surface area contributed by atoms with E-state index in [4.69, 9.17) is 0 Å². The number of carboxylic acid groups (broad SMARTS) is 1. The number of aromatic hydroxyl groups is 1. The Bertz CT molecular complexity index is 1100. The number of carbonyl (C=O) groups excluding carboxylic acids is 1. The summed E-state index contributed by atoms with van der Waals surface area (Å²) >= 11 is 3.35. The molecule has 1 aromatic carbocycles. The van der Waals surface area contributed by atoms with Crippen LogP contribution in [0.25, 0.3) is 0 Å². The molecule has 220 valence electrons. The number of aliphatic carboxylic acids is 1. The summed E-state index contributed by atoms with van der Waals surface area (Å²) in [5.74, 6) is -0.628. The number of carboxylic acids is 1. The van der Waals surface area contributed by atoms with Gasteiger partial charge in [0.05, 0.1) is 10.5 Å². The Morgan fingerprint density at radius 3 is 1.69 bits per heavy atom. The van der Waals surface area contributed by atoms with Gasteiger partial charge in [0.25, 0.3) is 0 Å². The molecule has 0 amide bonds. The molecule has 2 unspecified atom stereocenters. The number of ketones is 1. The topological polar surface area (TPSA) is 74.6 Å². The quantitative estimate of drug-likeness (QED) is 0.260. The number of carbonyl (C=O) groups is 2. The molecule has 0 bridgehead atoms. The Labute approximate surface area is 246 Å². The number of allylic oxidation sites excluding steroid dienone is 1. The molecule has 0 saturated heterocycles. The lowest BCUT2D eigenvalue weighted by Crippen LogP contribution is -2.46. The third-order valence-electron chi connectivity index (χ3n) is 7.35. The van der Waals surface area contributed by atoms with Crippen LogP contribution in [0.5, 0.6) is 5.75 Å². The predicted octanol–water partition coefficient (Wildman–Crippen LogP) is 9.37. The molecule has 0 radical (unpaired) electrons. The first kappa shape index (κ1) is 33.8. The molecule has 0 heterocycles. The van der Waals surface area contributed by atoms with Crippen molar-refractivity contribution in [2.24, 2.45) is 16.7 Å². The van der Waals surface area contributed by atoms with E-state index in [9.17, 15) is 19.8 Å². The normalized spacial score (nSPS) is 21.6. The molecular weight excluding hydrogens is 524 g/mol. The Morgan fingerprint density at radius 2 is 1.33 bits per heavy atom. The lowest BCUT2D eigenvalue weighted by molar-refractivity contribution is -0.138. The zero-order valence-electron chi connectivity index (χ0n) is 26.8. The predicted molar refractivity (Wildman–Crippen MR) is 168 cm³/mol. The lowest BCUT2D eigenvalue weighted by atomic mass is 9.64. The number of thioether (sulfide) groups is 2. The highest BCUT2D eigenvalue weighted by molar-refractivity contribution is 8.18. The van der Waals surface area contributed by atoms with Gasteiger partial charge in [-0.3, -0.25) is 9.59 Å². The van der Waals surface area contributed by atoms with Gasteiger partial charge in [-0.15, -0.1) is 23.5 Å². The van der Waals surface area contributed by atoms with E-state index in [1.165, 1.54) is 0 Å². The summed E-state index contributed by atoms with van der Waals surface area (Å²) in [6, 6.07) is 4.17. The zero-order valence-corrected chi connectivity index (χ0v) is 28.4. The minimum absolute atomic E-state index is 0.0445. The van der Waals surface area contributed by atoms with E-state index in [0.29, 0.717) is 12.2 Å². The molecule has 4 nitrogen and oxygen atoms in total. The molecule has 1 aliphatic carbocycles. The molecule has 39 heavy (non-hydrogen) atoms. The van der Waals surface area contributed by atoms with Crippen LogP contribution in [-0.4, -0.2) is 30.8 Å². The van der Waals surface area contributed by atoms with Crippen LogP contribution >= 0.6 is 23.5 Å². The molecule has 0 aliphatic heterocycles. The first-order chi connectivity index (χ1) is 17.2. The Hall–Kier alpha value is -1.40. The number of phenolic OH excluding ortho intramolecular Hbond substituents is 1. The molecule has 2 rings (SSSR count). The summed E-state index contributed by atoms with van der Waals surface area (Å²) in [5, 5.41) is 21.3. The van der Waals surface area contributed by atoms with Gasteiger partial charge in [0, 0.05) is 26.7 Å². The highest BCUT2D eigenvalue weighted by Crippen LogP contribution is 2.57. The number of hydrogen-bond acceptors (Lipinski definition) is 5. The number of hydrogen-bond donors (Lipinski definition) is 2. The minimum Gasteiger partial charge on any atom is -0.507 e. The maximum atomic E-state index is 13.7. The van der Waals surface area contributed by atoms with Crippen LogP contribution in [0.3, 0.4) is 0 Å². The van der Waals surface area contributed by atoms with Gasteiger partial charge in [0.1, 0.15) is 5.75 Å². The smallest absolute Gasteiger partial charge is 0.305 e. The van der Waals surface area contributed by atoms with E-state index < -0.39 is 14.8 Å². The van der Waals surface area contributed by atoms with Crippen molar-refractivity contribution in [1.29, 1.82) is 0 Å². The fraction of sp³-hybridized carbons (Fsp3) is 0.697. The number of benzene rings is 1. The monoisotopic (exact) mass is 576 g/mol.